The summed E-state index contributed by atoms with van der Waals surface area (Å²) >= 11 is 24.4. The van der Waals surface area contributed by atoms with E-state index < -0.39 is 12.1 Å². The minimum atomic E-state index is -0.486. The van der Waals surface area contributed by atoms with Crippen LogP contribution in [0.1, 0.15) is 83.5 Å². The van der Waals surface area contributed by atoms with Crippen molar-refractivity contribution >= 4 is 126 Å². The largest absolute Gasteiger partial charge is 0.325 e. The molecule has 0 atom stereocenters. The Morgan fingerprint density at radius 2 is 0.968 bits per heavy atom. The third kappa shape index (κ3) is 13.3. The fourth-order valence-electron chi connectivity index (χ4n) is 7.24. The number of carbonyl (C=O) groups excluding carboxylic acids is 4. The van der Waals surface area contributed by atoms with E-state index in [4.69, 9.17) is 34.8 Å². The van der Waals surface area contributed by atoms with Crippen molar-refractivity contribution in [2.24, 2.45) is 11.8 Å². The molecule has 0 bridgehead atoms. The van der Waals surface area contributed by atoms with E-state index >= 15 is 0 Å². The van der Waals surface area contributed by atoms with E-state index in [1.807, 2.05) is 66.7 Å². The number of aromatic nitrogens is 2. The molecule has 2 fully saturated rings. The maximum atomic E-state index is 12.9. The molecule has 4 N–H and O–H groups in total. The Morgan fingerprint density at radius 3 is 1.46 bits per heavy atom. The quantitative estimate of drug-likeness (QED) is 0.0624. The highest BCUT2D eigenvalue weighted by Crippen LogP contribution is 2.36. The Bertz CT molecular complexity index is 2530. The number of urea groups is 2. The lowest BCUT2D eigenvalue weighted by molar-refractivity contribution is 0.0916. The SMILES string of the molecule is O=C(Nc1nc(CSc2ccccc2)c(Cl)s1)Nc1ccc(Cl)cc1C(=O)C1CCCC1.O=C(Nc1nc(CSc2ccccc2)c(Cl)s1)Nc1ccccc1C(=O)C1CCCC1. The van der Waals surface area contributed by atoms with Crippen molar-refractivity contribution in [1.29, 1.82) is 0 Å². The number of thiazole rings is 2. The van der Waals surface area contributed by atoms with Gasteiger partial charge in [-0.15, -0.1) is 23.5 Å². The van der Waals surface area contributed by atoms with Gasteiger partial charge in [0.05, 0.1) is 22.8 Å². The van der Waals surface area contributed by atoms with E-state index in [2.05, 4.69) is 31.2 Å². The molecule has 2 aliphatic carbocycles. The lowest BCUT2D eigenvalue weighted by Gasteiger charge is -2.14. The monoisotopic (exact) mass is 976 g/mol. The van der Waals surface area contributed by atoms with Gasteiger partial charge in [0, 0.05) is 49.3 Å². The number of halogens is 3. The zero-order valence-electron chi connectivity index (χ0n) is 33.8. The van der Waals surface area contributed by atoms with Gasteiger partial charge in [0.25, 0.3) is 0 Å². The molecule has 10 nitrogen and oxygen atoms in total. The number of rotatable bonds is 14. The average Bonchev–Trinajstić information content (AvgIpc) is 4.13. The van der Waals surface area contributed by atoms with Gasteiger partial charge >= 0.3 is 12.1 Å². The zero-order valence-corrected chi connectivity index (χ0v) is 39.4. The minimum absolute atomic E-state index is 0.0143. The lowest BCUT2D eigenvalue weighted by Crippen LogP contribution is -2.22. The third-order valence-corrected chi connectivity index (χ3v) is 15.1. The van der Waals surface area contributed by atoms with E-state index in [-0.39, 0.29) is 23.4 Å². The summed E-state index contributed by atoms with van der Waals surface area (Å²) < 4.78 is 1.09. The number of Topliss-reactive ketones (excluding diaryl/α,β-unsaturated/α-hetero) is 2. The first-order valence-electron chi connectivity index (χ1n) is 20.4. The van der Waals surface area contributed by atoms with Crippen molar-refractivity contribution in [3.63, 3.8) is 0 Å². The van der Waals surface area contributed by atoms with Crippen molar-refractivity contribution in [2.75, 3.05) is 21.3 Å². The summed E-state index contributed by atoms with van der Waals surface area (Å²) in [6.45, 7) is 0. The summed E-state index contributed by atoms with van der Waals surface area (Å²) in [5, 5.41) is 12.3. The molecule has 63 heavy (non-hydrogen) atoms. The zero-order chi connectivity index (χ0) is 44.1. The van der Waals surface area contributed by atoms with Crippen LogP contribution in [-0.2, 0) is 11.5 Å². The summed E-state index contributed by atoms with van der Waals surface area (Å²) in [6, 6.07) is 31.1. The van der Waals surface area contributed by atoms with Crippen molar-refractivity contribution in [2.45, 2.75) is 72.7 Å². The topological polar surface area (TPSA) is 142 Å². The molecule has 4 amide bonds. The average molecular weight is 979 g/mol. The van der Waals surface area contributed by atoms with Gasteiger partial charge in [-0.05, 0) is 80.3 Å². The Balaban J connectivity index is 0.000000189. The van der Waals surface area contributed by atoms with Crippen LogP contribution in [0.5, 0.6) is 0 Å². The first-order valence-corrected chi connectivity index (χ1v) is 25.1. The lowest BCUT2D eigenvalue weighted by atomic mass is 9.95. The van der Waals surface area contributed by atoms with Gasteiger partial charge in [-0.25, -0.2) is 19.6 Å². The molecule has 0 spiro atoms. The number of thioether (sulfide) groups is 2. The number of benzene rings is 4. The highest BCUT2D eigenvalue weighted by Gasteiger charge is 2.28. The van der Waals surface area contributed by atoms with Gasteiger partial charge in [-0.2, -0.15) is 0 Å². The molecular weight excluding hydrogens is 935 g/mol. The first kappa shape index (κ1) is 46.6. The molecule has 17 heteroatoms. The van der Waals surface area contributed by atoms with Gasteiger partial charge in [0.15, 0.2) is 21.8 Å². The predicted octanol–water partition coefficient (Wildman–Crippen LogP) is 14.9. The highest BCUT2D eigenvalue weighted by atomic mass is 35.5. The fourth-order valence-corrected chi connectivity index (χ4v) is 11.5. The molecule has 8 rings (SSSR count). The van der Waals surface area contributed by atoms with Crippen LogP contribution in [0.25, 0.3) is 0 Å². The van der Waals surface area contributed by atoms with Crippen LogP contribution >= 0.6 is 81.0 Å². The van der Waals surface area contributed by atoms with E-state index in [9.17, 15) is 19.2 Å². The van der Waals surface area contributed by atoms with Crippen LogP contribution in [0.3, 0.4) is 0 Å². The van der Waals surface area contributed by atoms with Crippen LogP contribution in [0.15, 0.2) is 113 Å². The molecule has 4 aromatic carbocycles. The molecule has 2 aromatic heterocycles. The molecule has 6 aromatic rings. The molecule has 2 saturated carbocycles. The maximum absolute atomic E-state index is 12.9. The Hall–Kier alpha value is -4.41. The van der Waals surface area contributed by atoms with Gasteiger partial charge in [0.1, 0.15) is 8.67 Å². The second-order valence-corrected chi connectivity index (χ2v) is 20.5. The molecule has 0 saturated heterocycles. The normalized spacial score (nSPS) is 13.8. The van der Waals surface area contributed by atoms with Crippen LogP contribution in [0.4, 0.5) is 31.2 Å². The number of carbonyl (C=O) groups is 4. The number of hydrogen-bond acceptors (Lipinski definition) is 10. The van der Waals surface area contributed by atoms with Crippen molar-refractivity contribution in [1.82, 2.24) is 9.97 Å². The van der Waals surface area contributed by atoms with Crippen LogP contribution in [0.2, 0.25) is 13.7 Å². The summed E-state index contributed by atoms with van der Waals surface area (Å²) in [6.07, 6.45) is 7.86. The predicted molar refractivity (Wildman–Crippen MR) is 262 cm³/mol. The van der Waals surface area contributed by atoms with Crippen molar-refractivity contribution in [3.8, 4) is 0 Å². The van der Waals surface area contributed by atoms with Crippen molar-refractivity contribution in [3.05, 3.63) is 139 Å². The van der Waals surface area contributed by atoms with Gasteiger partial charge in [-0.1, -0.05) is 132 Å². The number of nitrogens with zero attached hydrogens (tertiary/aromatic N) is 2. The number of anilines is 4. The Morgan fingerprint density at radius 1 is 0.540 bits per heavy atom. The molecule has 2 heterocycles. The second-order valence-electron chi connectivity index (χ2n) is 14.8. The molecular formula is C46H43Cl3N6O4S4. The van der Waals surface area contributed by atoms with Crippen LogP contribution in [-0.4, -0.2) is 33.6 Å². The van der Waals surface area contributed by atoms with E-state index in [1.54, 1.807) is 59.9 Å². The minimum Gasteiger partial charge on any atom is -0.307 e. The van der Waals surface area contributed by atoms with Crippen LogP contribution in [0, 0.1) is 11.8 Å². The number of amides is 4. The Kier molecular flexibility index (Phi) is 17.0. The summed E-state index contributed by atoms with van der Waals surface area (Å²) in [5.41, 5.74) is 3.39. The van der Waals surface area contributed by atoms with E-state index in [1.165, 1.54) is 22.7 Å². The summed E-state index contributed by atoms with van der Waals surface area (Å²) in [5.74, 6) is 1.37. The summed E-state index contributed by atoms with van der Waals surface area (Å²) in [4.78, 5) is 62.1. The smallest absolute Gasteiger partial charge is 0.307 e. The molecule has 0 aliphatic heterocycles. The number of nitrogens with one attached hydrogen (secondary N) is 4. The number of hydrogen-bond donors (Lipinski definition) is 4. The second kappa shape index (κ2) is 23.0. The first-order chi connectivity index (χ1) is 30.6. The van der Waals surface area contributed by atoms with Gasteiger partial charge < -0.3 is 10.6 Å². The van der Waals surface area contributed by atoms with Gasteiger partial charge in [0.2, 0.25) is 0 Å². The van der Waals surface area contributed by atoms with Gasteiger partial charge in [-0.3, -0.25) is 20.2 Å². The standard InChI is InChI=1S/C23H21Cl2N3O2S2.C23H22ClN3O2S2/c24-15-10-11-18(17(12-15)20(29)14-6-4-5-7-14)26-22(30)28-23-27-19(21(25)32-23)13-31-16-8-2-1-3-9-16;24-21-19(14-30-16-10-2-1-3-11-16)26-23(31-21)27-22(29)25-18-13-7-6-12-17(18)20(28)15-8-4-5-9-15/h1-3,8-12,14H,4-7,13H2,(H2,26,27,28,30);1-3,6-7,10-13,15H,4-5,8-9,14H2,(H2,25,26,27,29). The van der Waals surface area contributed by atoms with E-state index in [0.29, 0.717) is 63.7 Å². The summed E-state index contributed by atoms with van der Waals surface area (Å²) in [7, 11) is 0. The van der Waals surface area contributed by atoms with Crippen molar-refractivity contribution < 1.29 is 19.2 Å². The maximum Gasteiger partial charge on any atom is 0.325 e. The van der Waals surface area contributed by atoms with E-state index in [0.717, 1.165) is 66.9 Å². The third-order valence-electron chi connectivity index (χ3n) is 10.4. The Labute approximate surface area is 397 Å². The fraction of sp³-hybridized carbons (Fsp3) is 0.261. The molecule has 2 aliphatic rings. The number of ketones is 2. The highest BCUT2D eigenvalue weighted by molar-refractivity contribution is 7.98. The molecule has 0 radical (unpaired) electrons. The molecule has 326 valence electrons. The number of para-hydroxylation sites is 1. The molecule has 0 unspecified atom stereocenters. The van der Waals surface area contributed by atoms with Crippen LogP contribution < -0.4 is 21.3 Å².